The number of nitrogens with zero attached hydrogens (tertiary/aromatic N) is 3. The molecule has 3 N–H and O–H groups in total. The lowest BCUT2D eigenvalue weighted by Crippen LogP contribution is -2.06. The Labute approximate surface area is 87.6 Å². The molecule has 2 aromatic rings. The third-order valence-electron chi connectivity index (χ3n) is 1.51. The van der Waals surface area contributed by atoms with Crippen molar-refractivity contribution in [1.82, 2.24) is 15.1 Å². The highest BCUT2D eigenvalue weighted by atomic mass is 79.9. The fourth-order valence-electron chi connectivity index (χ4n) is 0.934. The van der Waals surface area contributed by atoms with E-state index in [4.69, 9.17) is 10.4 Å². The molecule has 14 heavy (non-hydrogen) atoms. The lowest BCUT2D eigenvalue weighted by Gasteiger charge is -1.92. The number of hydrogen-bond acceptors (Lipinski definition) is 6. The third-order valence-corrected chi connectivity index (χ3v) is 1.95. The van der Waals surface area contributed by atoms with Gasteiger partial charge in [0.25, 0.3) is 0 Å². The van der Waals surface area contributed by atoms with Crippen molar-refractivity contribution >= 4 is 21.9 Å². The molecule has 0 spiro atoms. The van der Waals surface area contributed by atoms with Gasteiger partial charge in [0, 0.05) is 22.4 Å². The summed E-state index contributed by atoms with van der Waals surface area (Å²) in [7, 11) is 0. The minimum atomic E-state index is 0.167. The van der Waals surface area contributed by atoms with Crippen molar-refractivity contribution < 1.29 is 4.52 Å². The Morgan fingerprint density at radius 1 is 1.43 bits per heavy atom. The summed E-state index contributed by atoms with van der Waals surface area (Å²) in [5, 5.41) is 3.71. The van der Waals surface area contributed by atoms with Gasteiger partial charge in [-0.05, 0) is 22.0 Å². The second-order valence-corrected chi connectivity index (χ2v) is 3.37. The van der Waals surface area contributed by atoms with E-state index in [2.05, 4.69) is 36.5 Å². The van der Waals surface area contributed by atoms with E-state index in [9.17, 15) is 0 Å². The molecule has 2 rings (SSSR count). The monoisotopic (exact) mass is 255 g/mol. The Bertz CT molecular complexity index is 443. The zero-order chi connectivity index (χ0) is 9.97. The molecule has 0 amide bonds. The highest BCUT2D eigenvalue weighted by Gasteiger charge is 2.07. The molecule has 0 radical (unpaired) electrons. The van der Waals surface area contributed by atoms with Crippen LogP contribution in [-0.2, 0) is 0 Å². The van der Waals surface area contributed by atoms with Gasteiger partial charge in [0.05, 0.1) is 0 Å². The minimum absolute atomic E-state index is 0.167. The molecule has 0 saturated heterocycles. The van der Waals surface area contributed by atoms with Gasteiger partial charge >= 0.3 is 6.01 Å². The number of nitrogens with one attached hydrogen (secondary N) is 1. The zero-order valence-electron chi connectivity index (χ0n) is 6.94. The second-order valence-electron chi connectivity index (χ2n) is 2.46. The highest BCUT2D eigenvalue weighted by Crippen LogP contribution is 2.19. The summed E-state index contributed by atoms with van der Waals surface area (Å²) in [4.78, 5) is 7.94. The molecule has 0 fully saturated rings. The summed E-state index contributed by atoms with van der Waals surface area (Å²) >= 11 is 3.29. The van der Waals surface area contributed by atoms with Crippen LogP contribution in [0.5, 0.6) is 0 Å². The van der Waals surface area contributed by atoms with Crippen molar-refractivity contribution in [1.29, 1.82) is 0 Å². The van der Waals surface area contributed by atoms with E-state index in [-0.39, 0.29) is 6.01 Å². The van der Waals surface area contributed by atoms with Gasteiger partial charge in [0.1, 0.15) is 0 Å². The van der Waals surface area contributed by atoms with E-state index in [0.717, 1.165) is 10.0 Å². The van der Waals surface area contributed by atoms with Gasteiger partial charge in [-0.3, -0.25) is 10.4 Å². The van der Waals surface area contributed by atoms with Crippen LogP contribution in [0.4, 0.5) is 6.01 Å². The Balaban J connectivity index is 2.39. The van der Waals surface area contributed by atoms with Crippen molar-refractivity contribution in [2.75, 3.05) is 5.43 Å². The van der Waals surface area contributed by atoms with Crippen molar-refractivity contribution in [3.05, 3.63) is 22.9 Å². The summed E-state index contributed by atoms with van der Waals surface area (Å²) in [6, 6.07) is 2.00. The van der Waals surface area contributed by atoms with Gasteiger partial charge in [-0.15, -0.1) is 0 Å². The first-order valence-electron chi connectivity index (χ1n) is 3.71. The van der Waals surface area contributed by atoms with E-state index < -0.39 is 0 Å². The molecular weight excluding hydrogens is 250 g/mol. The van der Waals surface area contributed by atoms with E-state index in [1.807, 2.05) is 6.07 Å². The van der Waals surface area contributed by atoms with Gasteiger partial charge in [-0.2, -0.15) is 4.98 Å². The quantitative estimate of drug-likeness (QED) is 0.619. The Morgan fingerprint density at radius 2 is 2.29 bits per heavy atom. The fraction of sp³-hybridized carbons (Fsp3) is 0. The van der Waals surface area contributed by atoms with Gasteiger partial charge in [-0.1, -0.05) is 5.16 Å². The first-order valence-corrected chi connectivity index (χ1v) is 4.50. The molecule has 0 aliphatic rings. The van der Waals surface area contributed by atoms with E-state index >= 15 is 0 Å². The summed E-state index contributed by atoms with van der Waals surface area (Å²) in [6.45, 7) is 0. The number of halogens is 1. The Kier molecular flexibility index (Phi) is 2.42. The van der Waals surface area contributed by atoms with E-state index in [1.54, 1.807) is 12.4 Å². The van der Waals surface area contributed by atoms with E-state index in [1.165, 1.54) is 0 Å². The highest BCUT2D eigenvalue weighted by molar-refractivity contribution is 9.10. The fourth-order valence-corrected chi connectivity index (χ4v) is 1.30. The minimum Gasteiger partial charge on any atom is -0.314 e. The van der Waals surface area contributed by atoms with Crippen LogP contribution in [0.3, 0.4) is 0 Å². The average Bonchev–Trinajstić information content (AvgIpc) is 2.66. The number of pyridine rings is 1. The van der Waals surface area contributed by atoms with Crippen LogP contribution in [0.1, 0.15) is 0 Å². The number of aromatic nitrogens is 3. The summed E-state index contributed by atoms with van der Waals surface area (Å²) in [6.07, 6.45) is 3.31. The van der Waals surface area contributed by atoms with Gasteiger partial charge in [-0.25, -0.2) is 5.84 Å². The number of nitrogen functional groups attached to an aromatic ring is 1. The predicted molar refractivity (Wildman–Crippen MR) is 53.0 cm³/mol. The molecule has 72 valence electrons. The maximum Gasteiger partial charge on any atom is 0.335 e. The molecule has 2 heterocycles. The van der Waals surface area contributed by atoms with Gasteiger partial charge in [0.15, 0.2) is 0 Å². The lowest BCUT2D eigenvalue weighted by molar-refractivity contribution is 0.432. The molecule has 0 bridgehead atoms. The summed E-state index contributed by atoms with van der Waals surface area (Å²) < 4.78 is 5.62. The molecule has 7 heteroatoms. The molecule has 0 aliphatic carbocycles. The maximum atomic E-state index is 5.10. The van der Waals surface area contributed by atoms with Crippen molar-refractivity contribution in [3.63, 3.8) is 0 Å². The summed E-state index contributed by atoms with van der Waals surface area (Å²) in [5.74, 6) is 5.54. The Morgan fingerprint density at radius 3 is 2.93 bits per heavy atom. The van der Waals surface area contributed by atoms with Crippen LogP contribution in [0, 0.1) is 0 Å². The number of hydrogen-bond donors (Lipinski definition) is 2. The Hall–Kier alpha value is -1.47. The largest absolute Gasteiger partial charge is 0.335 e. The zero-order valence-corrected chi connectivity index (χ0v) is 8.52. The molecule has 2 aromatic heterocycles. The van der Waals surface area contributed by atoms with Crippen LogP contribution >= 0.6 is 15.9 Å². The van der Waals surface area contributed by atoms with Crippen LogP contribution in [-0.4, -0.2) is 15.1 Å². The first kappa shape index (κ1) is 9.10. The maximum absolute atomic E-state index is 5.10. The molecule has 0 aliphatic heterocycles. The molecular formula is C7H6BrN5O. The van der Waals surface area contributed by atoms with E-state index in [0.29, 0.717) is 5.82 Å². The van der Waals surface area contributed by atoms with Crippen LogP contribution in [0.25, 0.3) is 11.4 Å². The van der Waals surface area contributed by atoms with Gasteiger partial charge in [0.2, 0.25) is 5.82 Å². The van der Waals surface area contributed by atoms with Crippen molar-refractivity contribution in [2.45, 2.75) is 0 Å². The summed E-state index contributed by atoms with van der Waals surface area (Å²) in [5.41, 5.74) is 3.01. The number of rotatable bonds is 2. The number of anilines is 1. The number of hydrazine groups is 1. The third kappa shape index (κ3) is 1.73. The molecule has 0 unspecified atom stereocenters. The SMILES string of the molecule is NNc1nc(-c2cncc(Br)c2)no1. The van der Waals surface area contributed by atoms with Crippen molar-refractivity contribution in [3.8, 4) is 11.4 Å². The second kappa shape index (κ2) is 3.72. The topological polar surface area (TPSA) is 89.9 Å². The standard InChI is InChI=1S/C7H6BrN5O/c8-5-1-4(2-10-3-5)6-11-7(12-9)14-13-6/h1-3H,9H2,(H,11,12,13). The molecule has 0 aromatic carbocycles. The molecule has 0 saturated carbocycles. The first-order chi connectivity index (χ1) is 6.79. The van der Waals surface area contributed by atoms with Crippen LogP contribution < -0.4 is 11.3 Å². The predicted octanol–water partition coefficient (Wildman–Crippen LogP) is 1.18. The van der Waals surface area contributed by atoms with Crippen molar-refractivity contribution in [2.24, 2.45) is 5.84 Å². The molecule has 0 atom stereocenters. The van der Waals surface area contributed by atoms with Crippen LogP contribution in [0.2, 0.25) is 0 Å². The van der Waals surface area contributed by atoms with Gasteiger partial charge < -0.3 is 4.52 Å². The lowest BCUT2D eigenvalue weighted by atomic mass is 10.3. The molecule has 6 nitrogen and oxygen atoms in total. The normalized spacial score (nSPS) is 10.1. The number of nitrogens with two attached hydrogens (primary N) is 1. The average molecular weight is 256 g/mol. The smallest absolute Gasteiger partial charge is 0.314 e. The van der Waals surface area contributed by atoms with Crippen LogP contribution in [0.15, 0.2) is 27.5 Å².